The molecule has 0 aromatic heterocycles. The third-order valence-electron chi connectivity index (χ3n) is 3.29. The molecule has 0 saturated carbocycles. The lowest BCUT2D eigenvalue weighted by atomic mass is 10.1. The van der Waals surface area contributed by atoms with Crippen molar-refractivity contribution in [1.82, 2.24) is 5.32 Å². The van der Waals surface area contributed by atoms with Crippen LogP contribution in [0.25, 0.3) is 0 Å². The number of hydrogen-bond donors (Lipinski definition) is 1. The average molecular weight is 344 g/mol. The summed E-state index contributed by atoms with van der Waals surface area (Å²) in [4.78, 5) is 2.50. The van der Waals surface area contributed by atoms with E-state index in [2.05, 4.69) is 70.9 Å². The Morgan fingerprint density at radius 3 is 2.71 bits per heavy atom. The monoisotopic (exact) mass is 344 g/mol. The van der Waals surface area contributed by atoms with Gasteiger partial charge in [-0.15, -0.1) is 0 Å². The maximum atomic E-state index is 3.54. The maximum absolute atomic E-state index is 3.54. The van der Waals surface area contributed by atoms with Gasteiger partial charge in [0.25, 0.3) is 0 Å². The summed E-state index contributed by atoms with van der Waals surface area (Å²) in [5, 5.41) is 3.54. The highest BCUT2D eigenvalue weighted by Crippen LogP contribution is 2.24. The second-order valence-electron chi connectivity index (χ2n) is 5.14. The fourth-order valence-electron chi connectivity index (χ4n) is 2.29. The quantitative estimate of drug-likeness (QED) is 0.845. The Morgan fingerprint density at radius 1 is 1.35 bits per heavy atom. The zero-order valence-electron chi connectivity index (χ0n) is 10.6. The van der Waals surface area contributed by atoms with Gasteiger partial charge in [0, 0.05) is 28.4 Å². The van der Waals surface area contributed by atoms with Crippen LogP contribution in [-0.4, -0.2) is 25.7 Å². The number of halogens is 1. The molecule has 1 fully saturated rings. The van der Waals surface area contributed by atoms with Crippen LogP contribution in [0.5, 0.6) is 0 Å². The fourth-order valence-corrected chi connectivity index (χ4v) is 2.65. The van der Waals surface area contributed by atoms with E-state index in [-0.39, 0.29) is 0 Å². The number of benzene rings is 1. The van der Waals surface area contributed by atoms with Crippen LogP contribution < -0.4 is 10.2 Å². The Kier molecular flexibility index (Phi) is 4.68. The van der Waals surface area contributed by atoms with Crippen LogP contribution in [0.1, 0.15) is 20.3 Å². The molecular formula is C14H21IN2. The van der Waals surface area contributed by atoms with Crippen molar-refractivity contribution in [2.75, 3.05) is 24.5 Å². The fraction of sp³-hybridized carbons (Fsp3) is 0.571. The molecule has 2 rings (SSSR count). The first-order valence-corrected chi connectivity index (χ1v) is 7.47. The lowest BCUT2D eigenvalue weighted by molar-refractivity contribution is 0.480. The number of nitrogens with one attached hydrogen (secondary N) is 1. The van der Waals surface area contributed by atoms with Crippen molar-refractivity contribution in [1.29, 1.82) is 0 Å². The van der Waals surface area contributed by atoms with E-state index in [4.69, 9.17) is 0 Å². The van der Waals surface area contributed by atoms with E-state index in [0.717, 1.165) is 12.5 Å². The standard InChI is InChI=1S/C14H21IN2/c1-11(2)16-9-12-7-8-17(10-12)14-5-3-13(15)4-6-14/h3-6,11-12,16H,7-10H2,1-2H3. The zero-order valence-corrected chi connectivity index (χ0v) is 12.8. The number of anilines is 1. The average Bonchev–Trinajstić information content (AvgIpc) is 2.76. The van der Waals surface area contributed by atoms with E-state index >= 15 is 0 Å². The molecule has 1 aromatic rings. The van der Waals surface area contributed by atoms with Gasteiger partial charge < -0.3 is 10.2 Å². The van der Waals surface area contributed by atoms with Gasteiger partial charge in [-0.2, -0.15) is 0 Å². The minimum Gasteiger partial charge on any atom is -0.371 e. The van der Waals surface area contributed by atoms with Crippen molar-refractivity contribution >= 4 is 28.3 Å². The Morgan fingerprint density at radius 2 is 2.06 bits per heavy atom. The Balaban J connectivity index is 1.87. The molecular weight excluding hydrogens is 323 g/mol. The van der Waals surface area contributed by atoms with Crippen LogP contribution >= 0.6 is 22.6 Å². The molecule has 1 atom stereocenters. The molecule has 1 saturated heterocycles. The van der Waals surface area contributed by atoms with E-state index in [1.54, 1.807) is 0 Å². The molecule has 1 aromatic carbocycles. The largest absolute Gasteiger partial charge is 0.371 e. The minimum absolute atomic E-state index is 0.599. The summed E-state index contributed by atoms with van der Waals surface area (Å²) in [5.74, 6) is 0.802. The first kappa shape index (κ1) is 13.1. The summed E-state index contributed by atoms with van der Waals surface area (Å²) in [5.41, 5.74) is 1.37. The molecule has 0 aliphatic carbocycles. The van der Waals surface area contributed by atoms with Gasteiger partial charge in [0.2, 0.25) is 0 Å². The molecule has 0 radical (unpaired) electrons. The van der Waals surface area contributed by atoms with Gasteiger partial charge in [0.15, 0.2) is 0 Å². The third-order valence-corrected chi connectivity index (χ3v) is 4.01. The van der Waals surface area contributed by atoms with Crippen molar-refractivity contribution < 1.29 is 0 Å². The zero-order chi connectivity index (χ0) is 12.3. The highest BCUT2D eigenvalue weighted by atomic mass is 127. The maximum Gasteiger partial charge on any atom is 0.0367 e. The van der Waals surface area contributed by atoms with Crippen molar-refractivity contribution in [2.45, 2.75) is 26.3 Å². The van der Waals surface area contributed by atoms with Crippen LogP contribution in [0.3, 0.4) is 0 Å². The smallest absolute Gasteiger partial charge is 0.0367 e. The minimum atomic E-state index is 0.599. The molecule has 0 bridgehead atoms. The van der Waals surface area contributed by atoms with Gasteiger partial charge >= 0.3 is 0 Å². The predicted molar refractivity (Wildman–Crippen MR) is 82.6 cm³/mol. The van der Waals surface area contributed by atoms with Crippen LogP contribution in [0.2, 0.25) is 0 Å². The molecule has 2 nitrogen and oxygen atoms in total. The molecule has 0 spiro atoms. The third kappa shape index (κ3) is 3.85. The lowest BCUT2D eigenvalue weighted by Gasteiger charge is -2.19. The highest BCUT2D eigenvalue weighted by Gasteiger charge is 2.22. The second kappa shape index (κ2) is 6.05. The summed E-state index contributed by atoms with van der Waals surface area (Å²) in [6.45, 7) is 7.97. The number of nitrogens with zero attached hydrogens (tertiary/aromatic N) is 1. The van der Waals surface area contributed by atoms with Crippen LogP contribution in [0.4, 0.5) is 5.69 Å². The molecule has 1 N–H and O–H groups in total. The van der Waals surface area contributed by atoms with Gasteiger partial charge in [0.05, 0.1) is 0 Å². The van der Waals surface area contributed by atoms with Gasteiger partial charge in [-0.05, 0) is 65.7 Å². The Hall–Kier alpha value is -0.290. The van der Waals surface area contributed by atoms with Gasteiger partial charge in [-0.3, -0.25) is 0 Å². The van der Waals surface area contributed by atoms with Gasteiger partial charge in [-0.1, -0.05) is 13.8 Å². The van der Waals surface area contributed by atoms with Crippen molar-refractivity contribution in [2.24, 2.45) is 5.92 Å². The number of rotatable bonds is 4. The SMILES string of the molecule is CC(C)NCC1CCN(c2ccc(I)cc2)C1. The lowest BCUT2D eigenvalue weighted by Crippen LogP contribution is -2.30. The van der Waals surface area contributed by atoms with Crippen LogP contribution in [-0.2, 0) is 0 Å². The summed E-state index contributed by atoms with van der Waals surface area (Å²) < 4.78 is 1.31. The molecule has 1 unspecified atom stereocenters. The molecule has 94 valence electrons. The van der Waals surface area contributed by atoms with E-state index in [1.165, 1.54) is 28.8 Å². The first-order chi connectivity index (χ1) is 8.15. The van der Waals surface area contributed by atoms with Crippen molar-refractivity contribution in [3.63, 3.8) is 0 Å². The highest BCUT2D eigenvalue weighted by molar-refractivity contribution is 14.1. The Labute approximate surface area is 118 Å². The van der Waals surface area contributed by atoms with Gasteiger partial charge in [0.1, 0.15) is 0 Å². The Bertz CT molecular complexity index is 348. The summed E-state index contributed by atoms with van der Waals surface area (Å²) in [7, 11) is 0. The van der Waals surface area contributed by atoms with Crippen molar-refractivity contribution in [3.05, 3.63) is 27.8 Å². The molecule has 1 heterocycles. The molecule has 1 aliphatic rings. The normalized spacial score (nSPS) is 20.2. The van der Waals surface area contributed by atoms with E-state index in [9.17, 15) is 0 Å². The molecule has 3 heteroatoms. The van der Waals surface area contributed by atoms with E-state index in [1.807, 2.05) is 0 Å². The van der Waals surface area contributed by atoms with Crippen molar-refractivity contribution in [3.8, 4) is 0 Å². The summed E-state index contributed by atoms with van der Waals surface area (Å²) >= 11 is 2.36. The summed E-state index contributed by atoms with van der Waals surface area (Å²) in [6.07, 6.45) is 1.31. The second-order valence-corrected chi connectivity index (χ2v) is 6.39. The summed E-state index contributed by atoms with van der Waals surface area (Å²) in [6, 6.07) is 9.45. The van der Waals surface area contributed by atoms with Crippen LogP contribution in [0.15, 0.2) is 24.3 Å². The van der Waals surface area contributed by atoms with E-state index in [0.29, 0.717) is 6.04 Å². The van der Waals surface area contributed by atoms with Crippen LogP contribution in [0, 0.1) is 9.49 Å². The predicted octanol–water partition coefficient (Wildman–Crippen LogP) is 3.12. The van der Waals surface area contributed by atoms with Gasteiger partial charge in [-0.25, -0.2) is 0 Å². The molecule has 17 heavy (non-hydrogen) atoms. The molecule has 0 amide bonds. The number of hydrogen-bond acceptors (Lipinski definition) is 2. The topological polar surface area (TPSA) is 15.3 Å². The van der Waals surface area contributed by atoms with E-state index < -0.39 is 0 Å². The first-order valence-electron chi connectivity index (χ1n) is 6.39. The molecule has 1 aliphatic heterocycles.